The Balaban J connectivity index is 1.99. The van der Waals surface area contributed by atoms with E-state index >= 15 is 0 Å². The quantitative estimate of drug-likeness (QED) is 0.790. The smallest absolute Gasteiger partial charge is 0.167 e. The molecular weight excluding hydrogens is 312 g/mol. The van der Waals surface area contributed by atoms with Crippen molar-refractivity contribution in [2.75, 3.05) is 24.3 Å². The van der Waals surface area contributed by atoms with Crippen molar-refractivity contribution in [2.45, 2.75) is 20.4 Å². The van der Waals surface area contributed by atoms with Gasteiger partial charge >= 0.3 is 0 Å². The number of hydrogen-bond donors (Lipinski definition) is 1. The molecule has 3 aromatic rings. The maximum atomic E-state index is 9.44. The molecule has 0 saturated carbocycles. The number of fused-ring (bicyclic) bond motifs is 1. The van der Waals surface area contributed by atoms with Crippen molar-refractivity contribution in [1.29, 1.82) is 5.26 Å². The van der Waals surface area contributed by atoms with E-state index in [1.807, 2.05) is 51.0 Å². The molecule has 0 unspecified atom stereocenters. The number of nitrogens with one attached hydrogen (secondary N) is 1. The second-order valence-corrected chi connectivity index (χ2v) is 6.15. The van der Waals surface area contributed by atoms with E-state index < -0.39 is 0 Å². The zero-order valence-electron chi connectivity index (χ0n) is 14.8. The van der Waals surface area contributed by atoms with E-state index in [9.17, 15) is 5.26 Å². The fourth-order valence-electron chi connectivity index (χ4n) is 2.66. The van der Waals surface area contributed by atoms with Crippen LogP contribution in [0.3, 0.4) is 0 Å². The number of nitrogens with zero attached hydrogens (tertiary/aromatic N) is 5. The molecule has 6 heteroatoms. The highest BCUT2D eigenvalue weighted by atomic mass is 15.2. The third kappa shape index (κ3) is 3.22. The predicted molar refractivity (Wildman–Crippen MR) is 99.6 cm³/mol. The Labute approximate surface area is 147 Å². The van der Waals surface area contributed by atoms with Crippen LogP contribution in [0.25, 0.3) is 10.9 Å². The number of nitriles is 1. The molecule has 0 radical (unpaired) electrons. The van der Waals surface area contributed by atoms with Crippen molar-refractivity contribution in [1.82, 2.24) is 15.2 Å². The van der Waals surface area contributed by atoms with Crippen LogP contribution in [0.4, 0.5) is 11.6 Å². The van der Waals surface area contributed by atoms with Crippen LogP contribution in [0.1, 0.15) is 22.4 Å². The first kappa shape index (κ1) is 16.7. The molecule has 0 spiro atoms. The van der Waals surface area contributed by atoms with Crippen LogP contribution >= 0.6 is 0 Å². The van der Waals surface area contributed by atoms with Crippen molar-refractivity contribution in [3.05, 3.63) is 52.7 Å². The van der Waals surface area contributed by atoms with Crippen LogP contribution in [0, 0.1) is 25.2 Å². The molecule has 0 fully saturated rings. The van der Waals surface area contributed by atoms with Gasteiger partial charge in [-0.25, -0.2) is 4.98 Å². The molecule has 0 amide bonds. The molecule has 2 heterocycles. The maximum Gasteiger partial charge on any atom is 0.167 e. The molecule has 0 saturated heterocycles. The summed E-state index contributed by atoms with van der Waals surface area (Å²) in [6.45, 7) is 4.28. The number of aryl methyl sites for hydroxylation is 1. The molecular formula is C19H20N6. The number of anilines is 2. The highest BCUT2D eigenvalue weighted by Crippen LogP contribution is 2.24. The van der Waals surface area contributed by atoms with E-state index in [0.29, 0.717) is 17.9 Å². The fraction of sp³-hybridized carbons (Fsp3) is 0.263. The normalized spacial score (nSPS) is 10.5. The molecule has 0 aliphatic carbocycles. The second-order valence-electron chi connectivity index (χ2n) is 6.15. The van der Waals surface area contributed by atoms with Gasteiger partial charge in [0.2, 0.25) is 0 Å². The Morgan fingerprint density at radius 2 is 1.92 bits per heavy atom. The molecule has 1 N–H and O–H groups in total. The number of aromatic nitrogens is 3. The van der Waals surface area contributed by atoms with Crippen molar-refractivity contribution >= 4 is 22.5 Å². The van der Waals surface area contributed by atoms with Gasteiger partial charge < -0.3 is 10.2 Å². The summed E-state index contributed by atoms with van der Waals surface area (Å²) in [5.74, 6) is 1.40. The van der Waals surface area contributed by atoms with Crippen molar-refractivity contribution in [2.24, 2.45) is 0 Å². The van der Waals surface area contributed by atoms with Crippen LogP contribution in [-0.4, -0.2) is 29.3 Å². The SMILES string of the molecule is Cc1nnc(NCc2cc(N(C)C)nc3ccccc23)c(C#N)c1C. The largest absolute Gasteiger partial charge is 0.363 e. The van der Waals surface area contributed by atoms with Gasteiger partial charge in [0.15, 0.2) is 5.82 Å². The highest BCUT2D eigenvalue weighted by Gasteiger charge is 2.12. The van der Waals surface area contributed by atoms with Crippen LogP contribution < -0.4 is 10.2 Å². The van der Waals surface area contributed by atoms with E-state index in [1.54, 1.807) is 0 Å². The van der Waals surface area contributed by atoms with Crippen molar-refractivity contribution in [3.8, 4) is 6.07 Å². The maximum absolute atomic E-state index is 9.44. The molecule has 0 atom stereocenters. The molecule has 1 aromatic carbocycles. The zero-order valence-corrected chi connectivity index (χ0v) is 14.8. The summed E-state index contributed by atoms with van der Waals surface area (Å²) in [6.07, 6.45) is 0. The average Bonchev–Trinajstić information content (AvgIpc) is 2.62. The van der Waals surface area contributed by atoms with Gasteiger partial charge in [0.25, 0.3) is 0 Å². The average molecular weight is 332 g/mol. The van der Waals surface area contributed by atoms with Gasteiger partial charge in [-0.3, -0.25) is 0 Å². The first-order valence-electron chi connectivity index (χ1n) is 8.05. The summed E-state index contributed by atoms with van der Waals surface area (Å²) < 4.78 is 0. The summed E-state index contributed by atoms with van der Waals surface area (Å²) in [5, 5.41) is 22.1. The number of pyridine rings is 1. The minimum absolute atomic E-state index is 0.512. The summed E-state index contributed by atoms with van der Waals surface area (Å²) in [6, 6.07) is 12.3. The van der Waals surface area contributed by atoms with Crippen LogP contribution in [0.15, 0.2) is 30.3 Å². The molecule has 0 aliphatic heterocycles. The molecule has 126 valence electrons. The lowest BCUT2D eigenvalue weighted by atomic mass is 10.1. The van der Waals surface area contributed by atoms with Gasteiger partial charge in [0.05, 0.1) is 11.2 Å². The van der Waals surface area contributed by atoms with Crippen molar-refractivity contribution < 1.29 is 0 Å². The number of para-hydroxylation sites is 1. The zero-order chi connectivity index (χ0) is 18.0. The molecule has 0 bridgehead atoms. The van der Waals surface area contributed by atoms with E-state index in [0.717, 1.165) is 33.5 Å². The summed E-state index contributed by atoms with van der Waals surface area (Å²) in [5.41, 5.74) is 4.20. The Kier molecular flexibility index (Phi) is 4.48. The Morgan fingerprint density at radius 3 is 2.64 bits per heavy atom. The standard InChI is InChI=1S/C19H20N6/c1-12-13(2)23-24-19(16(12)10-20)21-11-14-9-18(25(3)4)22-17-8-6-5-7-15(14)17/h5-9H,11H2,1-4H3,(H,21,24). The Morgan fingerprint density at radius 1 is 1.16 bits per heavy atom. The summed E-state index contributed by atoms with van der Waals surface area (Å²) >= 11 is 0. The minimum atomic E-state index is 0.512. The molecule has 2 aromatic heterocycles. The minimum Gasteiger partial charge on any atom is -0.363 e. The summed E-state index contributed by atoms with van der Waals surface area (Å²) in [7, 11) is 3.94. The first-order valence-corrected chi connectivity index (χ1v) is 8.05. The lowest BCUT2D eigenvalue weighted by Crippen LogP contribution is -2.13. The molecule has 0 aliphatic rings. The monoisotopic (exact) mass is 332 g/mol. The Bertz CT molecular complexity index is 972. The first-order chi connectivity index (χ1) is 12.0. The lowest BCUT2D eigenvalue weighted by molar-refractivity contribution is 0.941. The third-order valence-electron chi connectivity index (χ3n) is 4.26. The van der Waals surface area contributed by atoms with Crippen LogP contribution in [-0.2, 0) is 6.54 Å². The topological polar surface area (TPSA) is 77.7 Å². The van der Waals surface area contributed by atoms with Gasteiger partial charge in [-0.05, 0) is 37.1 Å². The lowest BCUT2D eigenvalue weighted by Gasteiger charge is -2.16. The fourth-order valence-corrected chi connectivity index (χ4v) is 2.66. The van der Waals surface area contributed by atoms with Gasteiger partial charge in [-0.1, -0.05) is 18.2 Å². The van der Waals surface area contributed by atoms with E-state index in [4.69, 9.17) is 0 Å². The van der Waals surface area contributed by atoms with Gasteiger partial charge in [-0.15, -0.1) is 5.10 Å². The molecule has 25 heavy (non-hydrogen) atoms. The molecule has 3 rings (SSSR count). The number of benzene rings is 1. The van der Waals surface area contributed by atoms with Gasteiger partial charge in [-0.2, -0.15) is 10.4 Å². The number of hydrogen-bond acceptors (Lipinski definition) is 6. The van der Waals surface area contributed by atoms with E-state index in [2.05, 4.69) is 38.7 Å². The predicted octanol–water partition coefficient (Wildman–Crippen LogP) is 3.19. The highest BCUT2D eigenvalue weighted by molar-refractivity contribution is 5.84. The Hall–Kier alpha value is -3.20. The van der Waals surface area contributed by atoms with Crippen molar-refractivity contribution in [3.63, 3.8) is 0 Å². The third-order valence-corrected chi connectivity index (χ3v) is 4.26. The van der Waals surface area contributed by atoms with Gasteiger partial charge in [0, 0.05) is 26.0 Å². The van der Waals surface area contributed by atoms with Gasteiger partial charge in [0.1, 0.15) is 17.5 Å². The van der Waals surface area contributed by atoms with E-state index in [-0.39, 0.29) is 0 Å². The van der Waals surface area contributed by atoms with Crippen LogP contribution in [0.2, 0.25) is 0 Å². The van der Waals surface area contributed by atoms with Crippen LogP contribution in [0.5, 0.6) is 0 Å². The number of rotatable bonds is 4. The van der Waals surface area contributed by atoms with E-state index in [1.165, 1.54) is 0 Å². The summed E-state index contributed by atoms with van der Waals surface area (Å²) in [4.78, 5) is 6.65. The second kappa shape index (κ2) is 6.73. The molecule has 6 nitrogen and oxygen atoms in total.